The zero-order chi connectivity index (χ0) is 13.1. The van der Waals surface area contributed by atoms with Gasteiger partial charge in [0.15, 0.2) is 0 Å². The van der Waals surface area contributed by atoms with Crippen LogP contribution in [0.2, 0.25) is 5.15 Å². The van der Waals surface area contributed by atoms with E-state index in [9.17, 15) is 4.79 Å². The van der Waals surface area contributed by atoms with Crippen molar-refractivity contribution >= 4 is 17.5 Å². The van der Waals surface area contributed by atoms with Crippen molar-refractivity contribution in [2.24, 2.45) is 0 Å². The van der Waals surface area contributed by atoms with Gasteiger partial charge < -0.3 is 5.32 Å². The Morgan fingerprint density at radius 1 is 1.65 bits per heavy atom. The third-order valence-corrected chi connectivity index (χ3v) is 2.72. The summed E-state index contributed by atoms with van der Waals surface area (Å²) in [5.41, 5.74) is 0.219. The Morgan fingerprint density at radius 3 is 2.76 bits per heavy atom. The maximum Gasteiger partial charge on any atom is 0.252 e. The fourth-order valence-electron chi connectivity index (χ4n) is 1.28. The van der Waals surface area contributed by atoms with Gasteiger partial charge >= 0.3 is 0 Å². The third-order valence-electron chi connectivity index (χ3n) is 2.53. The van der Waals surface area contributed by atoms with Crippen LogP contribution in [0, 0.1) is 18.3 Å². The first kappa shape index (κ1) is 13.5. The molecule has 0 saturated carbocycles. The number of carbonyl (C=O) groups is 1. The van der Waals surface area contributed by atoms with Crippen LogP contribution >= 0.6 is 11.6 Å². The molecule has 1 unspecified atom stereocenters. The Balaban J connectivity index is 2.95. The Hall–Kier alpha value is -1.60. The molecule has 0 spiro atoms. The molecule has 1 aromatic heterocycles. The first-order valence-electron chi connectivity index (χ1n) is 5.28. The minimum Gasteiger partial charge on any atom is -0.334 e. The fraction of sp³-hybridized carbons (Fsp3) is 0.417. The summed E-state index contributed by atoms with van der Waals surface area (Å²) in [7, 11) is 0. The van der Waals surface area contributed by atoms with Crippen LogP contribution in [0.3, 0.4) is 0 Å². The van der Waals surface area contributed by atoms with Crippen LogP contribution < -0.4 is 5.32 Å². The highest BCUT2D eigenvalue weighted by Crippen LogP contribution is 2.13. The van der Waals surface area contributed by atoms with E-state index in [0.29, 0.717) is 17.7 Å². The Bertz CT molecular complexity index is 461. The quantitative estimate of drug-likeness (QED) is 0.840. The predicted molar refractivity (Wildman–Crippen MR) is 65.8 cm³/mol. The maximum atomic E-state index is 11.9. The number of aromatic nitrogens is 1. The van der Waals surface area contributed by atoms with Crippen molar-refractivity contribution < 1.29 is 4.79 Å². The van der Waals surface area contributed by atoms with E-state index >= 15 is 0 Å². The second kappa shape index (κ2) is 5.15. The summed E-state index contributed by atoms with van der Waals surface area (Å²) in [5, 5.41) is 11.9. The largest absolute Gasteiger partial charge is 0.334 e. The highest BCUT2D eigenvalue weighted by molar-refractivity contribution is 6.29. The molecule has 0 bridgehead atoms. The second-order valence-electron chi connectivity index (χ2n) is 4.07. The lowest BCUT2D eigenvalue weighted by Gasteiger charge is -2.21. The number of aryl methyl sites for hydroxylation is 1. The van der Waals surface area contributed by atoms with E-state index in [0.717, 1.165) is 0 Å². The zero-order valence-electron chi connectivity index (χ0n) is 10.0. The Kier molecular flexibility index (Phi) is 4.08. The molecule has 1 aromatic rings. The lowest BCUT2D eigenvalue weighted by molar-refractivity contribution is 0.0923. The van der Waals surface area contributed by atoms with Crippen molar-refractivity contribution in [3.05, 3.63) is 28.5 Å². The number of nitriles is 1. The van der Waals surface area contributed by atoms with E-state index in [-0.39, 0.29) is 11.1 Å². The minimum atomic E-state index is -0.860. The molecule has 1 amide bonds. The standard InChI is InChI=1S/C12H14ClN3O/c1-4-12(3,7-14)16-11(17)9-5-8(2)15-10(13)6-9/h5-6H,4H2,1-3H3,(H,16,17). The molecule has 0 aliphatic carbocycles. The van der Waals surface area contributed by atoms with Gasteiger partial charge in [0.1, 0.15) is 10.7 Å². The molecule has 0 aliphatic heterocycles. The van der Waals surface area contributed by atoms with E-state index in [1.54, 1.807) is 19.9 Å². The summed E-state index contributed by atoms with van der Waals surface area (Å²) < 4.78 is 0. The molecule has 0 fully saturated rings. The summed E-state index contributed by atoms with van der Waals surface area (Å²) in [6.07, 6.45) is 0.535. The molecule has 1 N–H and O–H groups in total. The lowest BCUT2D eigenvalue weighted by atomic mass is 10.0. The molecular weight excluding hydrogens is 238 g/mol. The average Bonchev–Trinajstić information content (AvgIpc) is 2.27. The number of amides is 1. The van der Waals surface area contributed by atoms with Gasteiger partial charge in [-0.05, 0) is 32.4 Å². The number of nitrogens with one attached hydrogen (secondary N) is 1. The van der Waals surface area contributed by atoms with Crippen LogP contribution in [0.5, 0.6) is 0 Å². The normalized spacial score (nSPS) is 13.6. The number of pyridine rings is 1. The summed E-state index contributed by atoms with van der Waals surface area (Å²) in [6, 6.07) is 5.19. The number of halogens is 1. The smallest absolute Gasteiger partial charge is 0.252 e. The van der Waals surface area contributed by atoms with Crippen molar-refractivity contribution in [3.8, 4) is 6.07 Å². The van der Waals surface area contributed by atoms with Crippen molar-refractivity contribution in [1.82, 2.24) is 10.3 Å². The second-order valence-corrected chi connectivity index (χ2v) is 4.46. The topological polar surface area (TPSA) is 65.8 Å². The van der Waals surface area contributed by atoms with E-state index in [4.69, 9.17) is 16.9 Å². The van der Waals surface area contributed by atoms with Gasteiger partial charge in [-0.1, -0.05) is 18.5 Å². The van der Waals surface area contributed by atoms with Gasteiger partial charge in [-0.2, -0.15) is 5.26 Å². The molecule has 0 aliphatic rings. The van der Waals surface area contributed by atoms with Crippen LogP contribution in [-0.2, 0) is 0 Å². The minimum absolute atomic E-state index is 0.269. The SMILES string of the molecule is CCC(C)(C#N)NC(=O)c1cc(C)nc(Cl)c1. The van der Waals surface area contributed by atoms with Crippen LogP contribution in [0.15, 0.2) is 12.1 Å². The molecule has 0 saturated heterocycles. The van der Waals surface area contributed by atoms with Crippen molar-refractivity contribution in [1.29, 1.82) is 5.26 Å². The number of carbonyl (C=O) groups excluding carboxylic acids is 1. The van der Waals surface area contributed by atoms with Crippen molar-refractivity contribution in [2.45, 2.75) is 32.7 Å². The summed E-state index contributed by atoms with van der Waals surface area (Å²) in [6.45, 7) is 5.28. The monoisotopic (exact) mass is 251 g/mol. The van der Waals surface area contributed by atoms with Crippen LogP contribution in [0.25, 0.3) is 0 Å². The van der Waals surface area contributed by atoms with Gasteiger partial charge in [0.2, 0.25) is 0 Å². The predicted octanol–water partition coefficient (Wildman–Crippen LogP) is 2.47. The number of nitrogens with zero attached hydrogens (tertiary/aromatic N) is 2. The summed E-state index contributed by atoms with van der Waals surface area (Å²) >= 11 is 5.78. The Labute approximate surface area is 106 Å². The van der Waals surface area contributed by atoms with Gasteiger partial charge in [0.25, 0.3) is 5.91 Å². The van der Waals surface area contributed by atoms with Crippen molar-refractivity contribution in [2.75, 3.05) is 0 Å². The Morgan fingerprint density at radius 2 is 2.29 bits per heavy atom. The van der Waals surface area contributed by atoms with Crippen LogP contribution in [-0.4, -0.2) is 16.4 Å². The first-order chi connectivity index (χ1) is 7.90. The van der Waals surface area contributed by atoms with Gasteiger partial charge in [0, 0.05) is 11.3 Å². The van der Waals surface area contributed by atoms with Gasteiger partial charge in [-0.25, -0.2) is 4.98 Å². The van der Waals surface area contributed by atoms with Gasteiger partial charge in [-0.15, -0.1) is 0 Å². The van der Waals surface area contributed by atoms with Gasteiger partial charge in [-0.3, -0.25) is 4.79 Å². The highest BCUT2D eigenvalue weighted by atomic mass is 35.5. The van der Waals surface area contributed by atoms with Gasteiger partial charge in [0.05, 0.1) is 6.07 Å². The van der Waals surface area contributed by atoms with Crippen LogP contribution in [0.4, 0.5) is 0 Å². The van der Waals surface area contributed by atoms with E-state index in [2.05, 4.69) is 16.4 Å². The molecule has 17 heavy (non-hydrogen) atoms. The summed E-state index contributed by atoms with van der Waals surface area (Å²) in [5.74, 6) is -0.316. The van der Waals surface area contributed by atoms with E-state index in [1.807, 2.05) is 6.92 Å². The zero-order valence-corrected chi connectivity index (χ0v) is 10.8. The highest BCUT2D eigenvalue weighted by Gasteiger charge is 2.24. The molecule has 0 aromatic carbocycles. The molecular formula is C12H14ClN3O. The number of hydrogen-bond donors (Lipinski definition) is 1. The lowest BCUT2D eigenvalue weighted by Crippen LogP contribution is -2.44. The maximum absolute atomic E-state index is 11.9. The molecule has 90 valence electrons. The molecule has 1 heterocycles. The molecule has 1 atom stereocenters. The number of rotatable bonds is 3. The van der Waals surface area contributed by atoms with Crippen LogP contribution in [0.1, 0.15) is 36.3 Å². The van der Waals surface area contributed by atoms with Crippen molar-refractivity contribution in [3.63, 3.8) is 0 Å². The van der Waals surface area contributed by atoms with E-state index < -0.39 is 5.54 Å². The number of hydrogen-bond acceptors (Lipinski definition) is 3. The fourth-order valence-corrected chi connectivity index (χ4v) is 1.53. The average molecular weight is 252 g/mol. The molecule has 1 rings (SSSR count). The first-order valence-corrected chi connectivity index (χ1v) is 5.66. The van der Waals surface area contributed by atoms with E-state index in [1.165, 1.54) is 6.07 Å². The molecule has 0 radical (unpaired) electrons. The summed E-state index contributed by atoms with van der Waals surface area (Å²) in [4.78, 5) is 15.9. The third kappa shape index (κ3) is 3.43. The molecule has 5 heteroatoms. The molecule has 4 nitrogen and oxygen atoms in total.